The van der Waals surface area contributed by atoms with E-state index in [1.54, 1.807) is 12.1 Å². The molecule has 31 heavy (non-hydrogen) atoms. The van der Waals surface area contributed by atoms with Crippen LogP contribution in [0.3, 0.4) is 0 Å². The normalized spacial score (nSPS) is 10.8. The number of carbonyl (C=O) groups is 1. The average Bonchev–Trinajstić information content (AvgIpc) is 3.12. The van der Waals surface area contributed by atoms with E-state index in [1.807, 2.05) is 43.0 Å². The van der Waals surface area contributed by atoms with Crippen LogP contribution in [0.1, 0.15) is 30.3 Å². The summed E-state index contributed by atoms with van der Waals surface area (Å²) in [6, 6.07) is 14.3. The number of carbonyl (C=O) groups excluding carboxylic acids is 1. The summed E-state index contributed by atoms with van der Waals surface area (Å²) in [6.07, 6.45) is 0.868. The van der Waals surface area contributed by atoms with Crippen LogP contribution in [0.4, 0.5) is 4.39 Å². The molecule has 164 valence electrons. The number of hydrogen-bond donors (Lipinski definition) is 1. The Kier molecular flexibility index (Phi) is 7.88. The summed E-state index contributed by atoms with van der Waals surface area (Å²) in [5.41, 5.74) is 2.27. The topological polar surface area (TPSA) is 86.3 Å². The predicted octanol–water partition coefficient (Wildman–Crippen LogP) is 3.55. The molecule has 0 radical (unpaired) electrons. The van der Waals surface area contributed by atoms with Crippen molar-refractivity contribution in [1.29, 1.82) is 0 Å². The zero-order valence-corrected chi connectivity index (χ0v) is 18.4. The van der Waals surface area contributed by atoms with Crippen molar-refractivity contribution in [1.82, 2.24) is 19.8 Å². The molecular weight excluding hydrogens is 417 g/mol. The fourth-order valence-electron chi connectivity index (χ4n) is 2.90. The average molecular weight is 444 g/mol. The van der Waals surface area contributed by atoms with Crippen LogP contribution in [0.2, 0.25) is 0 Å². The van der Waals surface area contributed by atoms with Crippen molar-refractivity contribution in [3.63, 3.8) is 0 Å². The highest BCUT2D eigenvalue weighted by Gasteiger charge is 2.17. The summed E-state index contributed by atoms with van der Waals surface area (Å²) < 4.78 is 20.4. The summed E-state index contributed by atoms with van der Waals surface area (Å²) >= 11 is 1.21. The molecule has 0 saturated carbocycles. The third kappa shape index (κ3) is 6.21. The lowest BCUT2D eigenvalue weighted by molar-refractivity contribution is -0.129. The fraction of sp³-hybridized carbons (Fsp3) is 0.318. The van der Waals surface area contributed by atoms with Gasteiger partial charge < -0.3 is 15.5 Å². The Balaban J connectivity index is 1.57. The van der Waals surface area contributed by atoms with Gasteiger partial charge >= 0.3 is 0 Å². The number of benzene rings is 2. The SMILES string of the molecule is CCCN(Cc1ccc(C)cc1)C(=O)CSc1nnc(COc2ccccc2F)n1N. The van der Waals surface area contributed by atoms with E-state index in [4.69, 9.17) is 10.6 Å². The first kappa shape index (κ1) is 22.6. The second kappa shape index (κ2) is 10.8. The molecule has 0 fully saturated rings. The van der Waals surface area contributed by atoms with Gasteiger partial charge in [0.25, 0.3) is 0 Å². The van der Waals surface area contributed by atoms with Gasteiger partial charge in [0, 0.05) is 13.1 Å². The van der Waals surface area contributed by atoms with Crippen molar-refractivity contribution < 1.29 is 13.9 Å². The highest BCUT2D eigenvalue weighted by atomic mass is 32.2. The van der Waals surface area contributed by atoms with Crippen molar-refractivity contribution in [2.24, 2.45) is 0 Å². The number of aromatic nitrogens is 3. The van der Waals surface area contributed by atoms with Crippen LogP contribution in [0, 0.1) is 12.7 Å². The number of amides is 1. The van der Waals surface area contributed by atoms with Gasteiger partial charge in [0.1, 0.15) is 6.61 Å². The highest BCUT2D eigenvalue weighted by Crippen LogP contribution is 2.19. The standard InChI is InChI=1S/C22H26FN5O2S/c1-3-12-27(13-17-10-8-16(2)9-11-17)21(29)15-31-22-26-25-20(28(22)24)14-30-19-7-5-4-6-18(19)23/h4-11H,3,12-15,24H2,1-2H3. The van der Waals surface area contributed by atoms with Crippen LogP contribution in [-0.2, 0) is 17.9 Å². The van der Waals surface area contributed by atoms with E-state index in [9.17, 15) is 9.18 Å². The number of nitrogens with two attached hydrogens (primary N) is 1. The van der Waals surface area contributed by atoms with Crippen molar-refractivity contribution in [2.75, 3.05) is 18.1 Å². The van der Waals surface area contributed by atoms with Crippen LogP contribution in [0.15, 0.2) is 53.7 Å². The number of rotatable bonds is 10. The van der Waals surface area contributed by atoms with Crippen LogP contribution >= 0.6 is 11.8 Å². The van der Waals surface area contributed by atoms with Crippen molar-refractivity contribution >= 4 is 17.7 Å². The van der Waals surface area contributed by atoms with Crippen LogP contribution in [0.5, 0.6) is 5.75 Å². The molecule has 1 amide bonds. The number of aryl methyl sites for hydroxylation is 1. The molecule has 3 aromatic rings. The molecule has 3 rings (SSSR count). The number of nitrogens with zero attached hydrogens (tertiary/aromatic N) is 4. The van der Waals surface area contributed by atoms with E-state index >= 15 is 0 Å². The molecule has 0 saturated heterocycles. The molecule has 0 unspecified atom stereocenters. The summed E-state index contributed by atoms with van der Waals surface area (Å²) in [7, 11) is 0. The van der Waals surface area contributed by atoms with Gasteiger partial charge in [-0.2, -0.15) is 0 Å². The van der Waals surface area contributed by atoms with E-state index in [-0.39, 0.29) is 24.0 Å². The second-order valence-electron chi connectivity index (χ2n) is 7.08. The number of nitrogen functional groups attached to an aromatic ring is 1. The van der Waals surface area contributed by atoms with Crippen molar-refractivity contribution in [3.8, 4) is 5.75 Å². The number of ether oxygens (including phenoxy) is 1. The van der Waals surface area contributed by atoms with Gasteiger partial charge in [0.05, 0.1) is 5.75 Å². The van der Waals surface area contributed by atoms with Gasteiger partial charge in [0.15, 0.2) is 17.4 Å². The Morgan fingerprint density at radius 3 is 2.65 bits per heavy atom. The van der Waals surface area contributed by atoms with E-state index in [0.717, 1.165) is 12.0 Å². The van der Waals surface area contributed by atoms with Crippen LogP contribution in [-0.4, -0.2) is 38.0 Å². The maximum atomic E-state index is 13.7. The van der Waals surface area contributed by atoms with Gasteiger partial charge in [0.2, 0.25) is 11.1 Å². The van der Waals surface area contributed by atoms with Gasteiger partial charge in [-0.05, 0) is 31.0 Å². The lowest BCUT2D eigenvalue weighted by Crippen LogP contribution is -2.32. The summed E-state index contributed by atoms with van der Waals surface area (Å²) in [6.45, 7) is 5.28. The van der Waals surface area contributed by atoms with Gasteiger partial charge in [-0.3, -0.25) is 4.79 Å². The molecular formula is C22H26FN5O2S. The Hall–Kier alpha value is -3.07. The molecule has 0 spiro atoms. The van der Waals surface area contributed by atoms with Crippen molar-refractivity contribution in [3.05, 3.63) is 71.3 Å². The number of para-hydroxylation sites is 1. The zero-order valence-electron chi connectivity index (χ0n) is 17.6. The smallest absolute Gasteiger partial charge is 0.233 e. The third-order valence-corrected chi connectivity index (χ3v) is 5.52. The maximum Gasteiger partial charge on any atom is 0.233 e. The minimum Gasteiger partial charge on any atom is -0.482 e. The Morgan fingerprint density at radius 1 is 1.19 bits per heavy atom. The Bertz CT molecular complexity index is 1010. The monoisotopic (exact) mass is 443 g/mol. The number of halogens is 1. The largest absolute Gasteiger partial charge is 0.482 e. The lowest BCUT2D eigenvalue weighted by Gasteiger charge is -2.22. The third-order valence-electron chi connectivity index (χ3n) is 4.59. The van der Waals surface area contributed by atoms with Gasteiger partial charge in [-0.1, -0.05) is 60.6 Å². The number of hydrogen-bond acceptors (Lipinski definition) is 6. The molecule has 0 atom stereocenters. The molecule has 2 N–H and O–H groups in total. The highest BCUT2D eigenvalue weighted by molar-refractivity contribution is 7.99. The van der Waals surface area contributed by atoms with E-state index in [1.165, 1.54) is 34.1 Å². The second-order valence-corrected chi connectivity index (χ2v) is 8.02. The fourth-order valence-corrected chi connectivity index (χ4v) is 3.68. The maximum absolute atomic E-state index is 13.7. The molecule has 1 heterocycles. The molecule has 7 nitrogen and oxygen atoms in total. The predicted molar refractivity (Wildman–Crippen MR) is 119 cm³/mol. The first-order chi connectivity index (χ1) is 15.0. The first-order valence-electron chi connectivity index (χ1n) is 10.0. The quantitative estimate of drug-likeness (QED) is 0.381. The minimum atomic E-state index is -0.463. The van der Waals surface area contributed by atoms with Crippen LogP contribution < -0.4 is 10.6 Å². The van der Waals surface area contributed by atoms with Gasteiger partial charge in [-0.25, -0.2) is 9.07 Å². The molecule has 0 aliphatic heterocycles. The van der Waals surface area contributed by atoms with Gasteiger partial charge in [-0.15, -0.1) is 10.2 Å². The molecule has 1 aromatic heterocycles. The Morgan fingerprint density at radius 2 is 1.94 bits per heavy atom. The first-order valence-corrected chi connectivity index (χ1v) is 11.0. The lowest BCUT2D eigenvalue weighted by atomic mass is 10.1. The van der Waals surface area contributed by atoms with E-state index < -0.39 is 5.82 Å². The molecule has 0 aliphatic rings. The van der Waals surface area contributed by atoms with E-state index in [2.05, 4.69) is 10.2 Å². The molecule has 0 aliphatic carbocycles. The summed E-state index contributed by atoms with van der Waals surface area (Å²) in [5.74, 6) is 6.21. The van der Waals surface area contributed by atoms with E-state index in [0.29, 0.717) is 24.1 Å². The minimum absolute atomic E-state index is 0.000387. The summed E-state index contributed by atoms with van der Waals surface area (Å²) in [4.78, 5) is 14.6. The Labute approximate surface area is 185 Å². The molecule has 2 aromatic carbocycles. The number of thioether (sulfide) groups is 1. The molecule has 0 bridgehead atoms. The molecule has 9 heteroatoms. The zero-order chi connectivity index (χ0) is 22.2. The summed E-state index contributed by atoms with van der Waals surface area (Å²) in [5, 5.41) is 8.41. The van der Waals surface area contributed by atoms with Crippen molar-refractivity contribution in [2.45, 2.75) is 38.6 Å². The van der Waals surface area contributed by atoms with Crippen LogP contribution in [0.25, 0.3) is 0 Å².